The first-order valence-electron chi connectivity index (χ1n) is 31.9. The second kappa shape index (κ2) is 69.2. The molecule has 0 saturated carbocycles. The quantitative estimate of drug-likeness (QED) is 0.0373. The van der Waals surface area contributed by atoms with Crippen LogP contribution in [-0.2, 0) is 19.1 Å². The number of allylic oxidation sites excluding steroid dienone is 38. The van der Waals surface area contributed by atoms with E-state index in [9.17, 15) is 14.7 Å². The van der Waals surface area contributed by atoms with E-state index in [1.165, 1.54) is 25.7 Å². The number of carbonyl (C=O) groups excluding carboxylic acids is 2. The highest BCUT2D eigenvalue weighted by Gasteiger charge is 2.16. The first-order valence-corrected chi connectivity index (χ1v) is 31.9. The zero-order chi connectivity index (χ0) is 59.1. The van der Waals surface area contributed by atoms with Crippen LogP contribution in [0, 0.1) is 0 Å². The van der Waals surface area contributed by atoms with Gasteiger partial charge in [-0.05, 0) is 161 Å². The zero-order valence-corrected chi connectivity index (χ0v) is 51.6. The molecule has 1 unspecified atom stereocenters. The van der Waals surface area contributed by atoms with Gasteiger partial charge in [0.1, 0.15) is 6.61 Å². The maximum Gasteiger partial charge on any atom is 0.306 e. The van der Waals surface area contributed by atoms with Crippen molar-refractivity contribution in [2.24, 2.45) is 0 Å². The van der Waals surface area contributed by atoms with Crippen molar-refractivity contribution in [3.8, 4) is 0 Å². The number of rotatable bonds is 55. The monoisotopic (exact) mass is 1120 g/mol. The Balaban J connectivity index is 3.73. The van der Waals surface area contributed by atoms with E-state index in [0.29, 0.717) is 12.8 Å². The first kappa shape index (κ1) is 76.0. The standard InChI is InChI=1S/C77H114O5/c1-3-5-7-9-11-13-15-17-19-21-23-25-27-29-31-33-34-35-36-37-38-39-40-41-42-44-46-48-50-52-54-56-58-60-62-64-66-68-70-72-77(80)82-75(73-78)74-81-76(79)71-69-67-65-63-61-59-57-55-53-51-49-47-45-43-32-30-28-26-24-22-20-18-16-14-12-10-8-6-4-2/h5-8,11-14,17-20,23-26,29-32,34-35,37-38,40-41,44-47,50-53,56,58,62,64,75,78H,3-4,9-10,15-16,21-22,27-28,33,36,39,42-43,48-49,54-55,57,59-61,63,65-74H2,1-2H3/b7-5-,8-6-,13-11-,14-12-,19-17-,20-18-,25-23-,26-24-,31-29-,32-30-,35-34-,38-37-,41-40-,46-44-,47-45-,52-50-,53-51-,58-56-,64-62-. The van der Waals surface area contributed by atoms with Crippen molar-refractivity contribution in [2.45, 2.75) is 225 Å². The van der Waals surface area contributed by atoms with E-state index in [-0.39, 0.29) is 31.6 Å². The molecular formula is C77H114O5. The Bertz CT molecular complexity index is 2040. The van der Waals surface area contributed by atoms with Crippen LogP contribution in [0.2, 0.25) is 0 Å². The van der Waals surface area contributed by atoms with Gasteiger partial charge in [-0.25, -0.2) is 0 Å². The maximum atomic E-state index is 12.3. The Morgan fingerprint density at radius 1 is 0.280 bits per heavy atom. The second-order valence-corrected chi connectivity index (χ2v) is 20.0. The number of ether oxygens (including phenoxy) is 2. The molecule has 82 heavy (non-hydrogen) atoms. The highest BCUT2D eigenvalue weighted by Crippen LogP contribution is 2.12. The molecule has 452 valence electrons. The number of aliphatic hydroxyl groups excluding tert-OH is 1. The van der Waals surface area contributed by atoms with Gasteiger partial charge in [0.2, 0.25) is 0 Å². The topological polar surface area (TPSA) is 72.8 Å². The van der Waals surface area contributed by atoms with E-state index in [1.54, 1.807) is 0 Å². The van der Waals surface area contributed by atoms with Crippen molar-refractivity contribution < 1.29 is 24.2 Å². The van der Waals surface area contributed by atoms with Crippen LogP contribution in [0.15, 0.2) is 231 Å². The third-order valence-corrected chi connectivity index (χ3v) is 12.5. The summed E-state index contributed by atoms with van der Waals surface area (Å²) in [5, 5.41) is 9.67. The molecule has 5 heteroatoms. The molecule has 0 aromatic carbocycles. The molecule has 0 aliphatic heterocycles. The fourth-order valence-corrected chi connectivity index (χ4v) is 7.75. The highest BCUT2D eigenvalue weighted by molar-refractivity contribution is 5.70. The molecule has 0 amide bonds. The lowest BCUT2D eigenvalue weighted by atomic mass is 10.1. The van der Waals surface area contributed by atoms with E-state index >= 15 is 0 Å². The summed E-state index contributed by atoms with van der Waals surface area (Å²) >= 11 is 0. The Hall–Kier alpha value is -6.04. The molecule has 0 aliphatic rings. The molecule has 0 bridgehead atoms. The number of hydrogen-bond acceptors (Lipinski definition) is 5. The molecule has 0 aliphatic carbocycles. The minimum atomic E-state index is -0.821. The summed E-state index contributed by atoms with van der Waals surface area (Å²) in [6.45, 7) is 3.85. The average Bonchev–Trinajstić information content (AvgIpc) is 3.49. The Labute approximate surface area is 503 Å². The van der Waals surface area contributed by atoms with Gasteiger partial charge in [-0.2, -0.15) is 0 Å². The largest absolute Gasteiger partial charge is 0.462 e. The lowest BCUT2D eigenvalue weighted by Crippen LogP contribution is -2.28. The molecule has 1 N–H and O–H groups in total. The molecule has 0 saturated heterocycles. The van der Waals surface area contributed by atoms with Crippen LogP contribution in [0.3, 0.4) is 0 Å². The lowest BCUT2D eigenvalue weighted by Gasteiger charge is -2.15. The summed E-state index contributed by atoms with van der Waals surface area (Å²) < 4.78 is 10.7. The third kappa shape index (κ3) is 66.5. The van der Waals surface area contributed by atoms with Crippen molar-refractivity contribution in [1.29, 1.82) is 0 Å². The van der Waals surface area contributed by atoms with E-state index in [1.807, 2.05) is 0 Å². The fraction of sp³-hybridized carbons (Fsp3) is 0.481. The number of unbranched alkanes of at least 4 members (excludes halogenated alkanes) is 9. The minimum absolute atomic E-state index is 0.107. The smallest absolute Gasteiger partial charge is 0.306 e. The number of aliphatic hydroxyl groups is 1. The van der Waals surface area contributed by atoms with Gasteiger partial charge >= 0.3 is 11.9 Å². The predicted octanol–water partition coefficient (Wildman–Crippen LogP) is 22.5. The summed E-state index contributed by atoms with van der Waals surface area (Å²) in [6.07, 6.45) is 115. The fourth-order valence-electron chi connectivity index (χ4n) is 7.75. The number of carbonyl (C=O) groups is 2. The molecule has 0 aromatic heterocycles. The summed E-state index contributed by atoms with van der Waals surface area (Å²) in [5.41, 5.74) is 0. The molecule has 1 atom stereocenters. The molecule has 0 radical (unpaired) electrons. The molecule has 0 heterocycles. The summed E-state index contributed by atoms with van der Waals surface area (Å²) in [6, 6.07) is 0. The summed E-state index contributed by atoms with van der Waals surface area (Å²) in [4.78, 5) is 24.6. The normalized spacial score (nSPS) is 13.8. The van der Waals surface area contributed by atoms with Crippen LogP contribution in [0.25, 0.3) is 0 Å². The van der Waals surface area contributed by atoms with Gasteiger partial charge in [-0.15, -0.1) is 0 Å². The minimum Gasteiger partial charge on any atom is -0.462 e. The van der Waals surface area contributed by atoms with Gasteiger partial charge in [0.15, 0.2) is 6.10 Å². The Morgan fingerprint density at radius 3 is 0.756 bits per heavy atom. The van der Waals surface area contributed by atoms with Crippen LogP contribution >= 0.6 is 0 Å². The van der Waals surface area contributed by atoms with E-state index < -0.39 is 6.10 Å². The van der Waals surface area contributed by atoms with Crippen molar-refractivity contribution in [1.82, 2.24) is 0 Å². The van der Waals surface area contributed by atoms with Crippen LogP contribution in [-0.4, -0.2) is 36.4 Å². The summed E-state index contributed by atoms with van der Waals surface area (Å²) in [7, 11) is 0. The first-order chi connectivity index (χ1) is 40.6. The molecule has 0 rings (SSSR count). The van der Waals surface area contributed by atoms with E-state index in [2.05, 4.69) is 245 Å². The molecule has 0 fully saturated rings. The molecule has 0 aromatic rings. The SMILES string of the molecule is CC/C=C\C/C=C\C/C=C\C/C=C\C/C=C\C/C=C\C/C=C\C/C=C\C/C=C\C/C=C\C/C=C\C/C=C\CCCCC(=O)OC(CO)COC(=O)CCCCCCCCC/C=C\C/C=C\C/C=C\C/C=C\C/C=C\C/C=C\C/C=C\CC. The average molecular weight is 1120 g/mol. The highest BCUT2D eigenvalue weighted by atomic mass is 16.6. The molecular weight excluding hydrogens is 1000 g/mol. The van der Waals surface area contributed by atoms with Gasteiger partial charge in [0.25, 0.3) is 0 Å². The van der Waals surface area contributed by atoms with Gasteiger partial charge in [-0.1, -0.05) is 277 Å². The van der Waals surface area contributed by atoms with Crippen molar-refractivity contribution in [2.75, 3.05) is 13.2 Å². The van der Waals surface area contributed by atoms with Gasteiger partial charge < -0.3 is 14.6 Å². The Kier molecular flexibility index (Phi) is 64.1. The van der Waals surface area contributed by atoms with Crippen molar-refractivity contribution >= 4 is 11.9 Å². The van der Waals surface area contributed by atoms with Crippen molar-refractivity contribution in [3.63, 3.8) is 0 Å². The lowest BCUT2D eigenvalue weighted by molar-refractivity contribution is -0.161. The summed E-state index contributed by atoms with van der Waals surface area (Å²) in [5.74, 6) is -0.675. The van der Waals surface area contributed by atoms with Gasteiger partial charge in [0, 0.05) is 12.8 Å². The number of hydrogen-bond donors (Lipinski definition) is 1. The van der Waals surface area contributed by atoms with Gasteiger partial charge in [0.05, 0.1) is 6.61 Å². The molecule has 5 nitrogen and oxygen atoms in total. The number of esters is 2. The van der Waals surface area contributed by atoms with Crippen molar-refractivity contribution in [3.05, 3.63) is 231 Å². The zero-order valence-electron chi connectivity index (χ0n) is 51.6. The predicted molar refractivity (Wildman–Crippen MR) is 361 cm³/mol. The van der Waals surface area contributed by atoms with Crippen LogP contribution in [0.1, 0.15) is 219 Å². The van der Waals surface area contributed by atoms with E-state index in [0.717, 1.165) is 161 Å². The molecule has 0 spiro atoms. The van der Waals surface area contributed by atoms with Gasteiger partial charge in [-0.3, -0.25) is 9.59 Å². The van der Waals surface area contributed by atoms with Crippen LogP contribution in [0.4, 0.5) is 0 Å². The second-order valence-electron chi connectivity index (χ2n) is 20.0. The maximum absolute atomic E-state index is 12.3. The van der Waals surface area contributed by atoms with E-state index in [4.69, 9.17) is 9.47 Å². The van der Waals surface area contributed by atoms with Crippen LogP contribution < -0.4 is 0 Å². The van der Waals surface area contributed by atoms with Crippen LogP contribution in [0.5, 0.6) is 0 Å². The third-order valence-electron chi connectivity index (χ3n) is 12.5. The Morgan fingerprint density at radius 2 is 0.488 bits per heavy atom.